The van der Waals surface area contributed by atoms with Crippen molar-refractivity contribution in [1.29, 1.82) is 0 Å². The molecule has 1 amide bonds. The summed E-state index contributed by atoms with van der Waals surface area (Å²) in [6.07, 6.45) is 2.42. The molecule has 0 aliphatic rings. The molecule has 0 saturated carbocycles. The number of carbonyl (C=O) groups excluding carboxylic acids is 1. The van der Waals surface area contributed by atoms with E-state index in [9.17, 15) is 4.79 Å². The predicted molar refractivity (Wildman–Crippen MR) is 106 cm³/mol. The Kier molecular flexibility index (Phi) is 7.95. The molecule has 0 saturated heterocycles. The van der Waals surface area contributed by atoms with Gasteiger partial charge in [-0.25, -0.2) is 5.43 Å². The smallest absolute Gasteiger partial charge is 0.271 e. The summed E-state index contributed by atoms with van der Waals surface area (Å²) in [5, 5.41) is 4.38. The van der Waals surface area contributed by atoms with Crippen LogP contribution in [-0.2, 0) is 0 Å². The van der Waals surface area contributed by atoms with Gasteiger partial charge in [0.05, 0.1) is 31.6 Å². The minimum absolute atomic E-state index is 0.321. The van der Waals surface area contributed by atoms with Gasteiger partial charge in [0.2, 0.25) is 0 Å². The molecule has 1 N–H and O–H groups in total. The summed E-state index contributed by atoms with van der Waals surface area (Å²) in [6.45, 7) is 5.02. The first-order valence-corrected chi connectivity index (χ1v) is 9.03. The van der Waals surface area contributed by atoms with E-state index in [0.29, 0.717) is 40.9 Å². The first-order valence-electron chi connectivity index (χ1n) is 8.65. The Morgan fingerprint density at radius 3 is 2.56 bits per heavy atom. The molecule has 2 rings (SSSR count). The average Bonchev–Trinajstić information content (AvgIpc) is 2.67. The lowest BCUT2D eigenvalue weighted by Crippen LogP contribution is -2.17. The maximum absolute atomic E-state index is 12.2. The zero-order chi connectivity index (χ0) is 19.6. The van der Waals surface area contributed by atoms with Crippen LogP contribution in [0.1, 0.15) is 36.2 Å². The van der Waals surface area contributed by atoms with Crippen LogP contribution in [0.15, 0.2) is 41.5 Å². The Morgan fingerprint density at radius 1 is 1.19 bits per heavy atom. The third-order valence-electron chi connectivity index (χ3n) is 3.50. The van der Waals surface area contributed by atoms with Crippen LogP contribution < -0.4 is 19.6 Å². The molecule has 0 atom stereocenters. The zero-order valence-electron chi connectivity index (χ0n) is 15.6. The number of halogens is 1. The summed E-state index contributed by atoms with van der Waals surface area (Å²) < 4.78 is 16.2. The quantitative estimate of drug-likeness (QED) is 0.512. The van der Waals surface area contributed by atoms with E-state index in [-0.39, 0.29) is 5.91 Å². The van der Waals surface area contributed by atoms with Crippen molar-refractivity contribution in [2.45, 2.75) is 20.3 Å². The van der Waals surface area contributed by atoms with E-state index >= 15 is 0 Å². The van der Waals surface area contributed by atoms with Crippen molar-refractivity contribution in [3.05, 3.63) is 52.5 Å². The highest BCUT2D eigenvalue weighted by Crippen LogP contribution is 2.35. The van der Waals surface area contributed by atoms with Gasteiger partial charge >= 0.3 is 0 Å². The molecule has 6 nitrogen and oxygen atoms in total. The molecule has 0 bridgehead atoms. The predicted octanol–water partition coefficient (Wildman–Crippen LogP) is 4.30. The van der Waals surface area contributed by atoms with Crippen molar-refractivity contribution in [2.24, 2.45) is 5.10 Å². The molecule has 0 spiro atoms. The van der Waals surface area contributed by atoms with E-state index in [1.165, 1.54) is 13.3 Å². The van der Waals surface area contributed by atoms with Gasteiger partial charge in [0.25, 0.3) is 5.91 Å². The van der Waals surface area contributed by atoms with Gasteiger partial charge in [0.15, 0.2) is 11.5 Å². The van der Waals surface area contributed by atoms with Gasteiger partial charge in [0.1, 0.15) is 5.75 Å². The second kappa shape index (κ2) is 10.4. The molecular formula is C20H23ClN2O4. The number of carbonyl (C=O) groups is 1. The van der Waals surface area contributed by atoms with E-state index in [1.807, 2.05) is 13.8 Å². The second-order valence-electron chi connectivity index (χ2n) is 5.54. The van der Waals surface area contributed by atoms with Crippen LogP contribution in [0, 0.1) is 0 Å². The monoisotopic (exact) mass is 390 g/mol. The number of hydrogen-bond donors (Lipinski definition) is 1. The number of benzene rings is 2. The number of hydrazone groups is 1. The van der Waals surface area contributed by atoms with Crippen LogP contribution in [0.2, 0.25) is 5.02 Å². The van der Waals surface area contributed by atoms with Gasteiger partial charge in [-0.15, -0.1) is 0 Å². The maximum atomic E-state index is 12.2. The minimum Gasteiger partial charge on any atom is -0.494 e. The average molecular weight is 391 g/mol. The fourth-order valence-corrected chi connectivity index (χ4v) is 2.57. The van der Waals surface area contributed by atoms with Crippen molar-refractivity contribution in [2.75, 3.05) is 20.3 Å². The summed E-state index contributed by atoms with van der Waals surface area (Å²) in [5.74, 6) is 1.39. The van der Waals surface area contributed by atoms with Gasteiger partial charge in [-0.2, -0.15) is 5.10 Å². The van der Waals surface area contributed by atoms with E-state index in [4.69, 9.17) is 25.8 Å². The van der Waals surface area contributed by atoms with Gasteiger partial charge < -0.3 is 14.2 Å². The van der Waals surface area contributed by atoms with Crippen LogP contribution in [0.4, 0.5) is 0 Å². The van der Waals surface area contributed by atoms with Crippen molar-refractivity contribution < 1.29 is 19.0 Å². The topological polar surface area (TPSA) is 69.2 Å². The van der Waals surface area contributed by atoms with Crippen LogP contribution in [0.3, 0.4) is 0 Å². The Hall–Kier alpha value is -2.73. The fourth-order valence-electron chi connectivity index (χ4n) is 2.28. The summed E-state index contributed by atoms with van der Waals surface area (Å²) in [6, 6.07) is 10.3. The number of methoxy groups -OCH3 is 1. The minimum atomic E-state index is -0.321. The summed E-state index contributed by atoms with van der Waals surface area (Å²) >= 11 is 6.19. The molecule has 0 aromatic heterocycles. The summed E-state index contributed by atoms with van der Waals surface area (Å²) in [4.78, 5) is 12.2. The highest BCUT2D eigenvalue weighted by Gasteiger charge is 2.11. The number of nitrogens with one attached hydrogen (secondary N) is 1. The molecule has 2 aromatic carbocycles. The summed E-state index contributed by atoms with van der Waals surface area (Å²) in [5.41, 5.74) is 3.64. The molecule has 0 unspecified atom stereocenters. The standard InChI is InChI=1S/C20H23ClN2O4/c1-4-10-27-16-8-6-15(7-9-16)20(24)23-22-13-14-11-17(21)19(25-3)18(12-14)26-5-2/h6-9,11-13H,4-5,10H2,1-3H3,(H,23,24)/b22-13+. The lowest BCUT2D eigenvalue weighted by atomic mass is 10.2. The largest absolute Gasteiger partial charge is 0.494 e. The van der Waals surface area contributed by atoms with Crippen molar-refractivity contribution in [3.63, 3.8) is 0 Å². The Morgan fingerprint density at radius 2 is 1.93 bits per heavy atom. The van der Waals surface area contributed by atoms with Crippen LogP contribution in [0.5, 0.6) is 17.2 Å². The Bertz CT molecular complexity index is 791. The Labute approximate surface area is 164 Å². The maximum Gasteiger partial charge on any atom is 0.271 e. The second-order valence-corrected chi connectivity index (χ2v) is 5.95. The normalized spacial score (nSPS) is 10.7. The van der Waals surface area contributed by atoms with Crippen molar-refractivity contribution in [3.8, 4) is 17.2 Å². The van der Waals surface area contributed by atoms with Gasteiger partial charge in [-0.3, -0.25) is 4.79 Å². The van der Waals surface area contributed by atoms with Crippen LogP contribution in [0.25, 0.3) is 0 Å². The highest BCUT2D eigenvalue weighted by atomic mass is 35.5. The van der Waals surface area contributed by atoms with E-state index in [2.05, 4.69) is 10.5 Å². The number of ether oxygens (including phenoxy) is 3. The molecular weight excluding hydrogens is 368 g/mol. The van der Waals surface area contributed by atoms with E-state index < -0.39 is 0 Å². The first-order chi connectivity index (χ1) is 13.1. The SMILES string of the molecule is CCCOc1ccc(C(=O)N/N=C/c2cc(Cl)c(OC)c(OCC)c2)cc1. The number of amides is 1. The van der Waals surface area contributed by atoms with Gasteiger partial charge in [0, 0.05) is 5.56 Å². The van der Waals surface area contributed by atoms with Gasteiger partial charge in [-0.1, -0.05) is 18.5 Å². The lowest BCUT2D eigenvalue weighted by molar-refractivity contribution is 0.0955. The lowest BCUT2D eigenvalue weighted by Gasteiger charge is -2.11. The van der Waals surface area contributed by atoms with Crippen LogP contribution >= 0.6 is 11.6 Å². The Balaban J connectivity index is 2.03. The zero-order valence-corrected chi connectivity index (χ0v) is 16.4. The van der Waals surface area contributed by atoms with E-state index in [1.54, 1.807) is 36.4 Å². The number of hydrogen-bond acceptors (Lipinski definition) is 5. The van der Waals surface area contributed by atoms with E-state index in [0.717, 1.165) is 12.2 Å². The molecule has 144 valence electrons. The molecule has 0 fully saturated rings. The first kappa shape index (κ1) is 20.6. The molecule has 0 heterocycles. The molecule has 7 heteroatoms. The van der Waals surface area contributed by atoms with Crippen molar-refractivity contribution in [1.82, 2.24) is 5.43 Å². The molecule has 2 aromatic rings. The van der Waals surface area contributed by atoms with Crippen molar-refractivity contribution >= 4 is 23.7 Å². The van der Waals surface area contributed by atoms with Gasteiger partial charge in [-0.05, 0) is 55.3 Å². The molecule has 0 radical (unpaired) electrons. The fraction of sp³-hybridized carbons (Fsp3) is 0.300. The summed E-state index contributed by atoms with van der Waals surface area (Å²) in [7, 11) is 1.52. The molecule has 27 heavy (non-hydrogen) atoms. The third kappa shape index (κ3) is 5.89. The number of rotatable bonds is 9. The van der Waals surface area contributed by atoms with Crippen LogP contribution in [-0.4, -0.2) is 32.4 Å². The number of nitrogens with zero attached hydrogens (tertiary/aromatic N) is 1. The highest BCUT2D eigenvalue weighted by molar-refractivity contribution is 6.32. The molecule has 0 aliphatic carbocycles. The molecule has 0 aliphatic heterocycles. The third-order valence-corrected chi connectivity index (χ3v) is 3.79.